The Balaban J connectivity index is 0.00000385. The molecule has 1 aromatic rings. The standard InChI is InChI=1S/C25H41N5O2.HI/c1-6-26-25(27-12-8-14-29-13-7-9-22(29)24(31)28(4)5)30-15-16-32-23(18-30)21-11-10-19(2)17-20(21)3;/h10-11,17,22-23H,6-9,12-16,18H2,1-5H3,(H,26,27);1H. The molecule has 7 nitrogen and oxygen atoms in total. The van der Waals surface area contributed by atoms with Gasteiger partial charge in [-0.25, -0.2) is 0 Å². The highest BCUT2D eigenvalue weighted by molar-refractivity contribution is 14.0. The van der Waals surface area contributed by atoms with Gasteiger partial charge in [-0.1, -0.05) is 23.8 Å². The summed E-state index contributed by atoms with van der Waals surface area (Å²) in [4.78, 5) is 23.7. The highest BCUT2D eigenvalue weighted by Crippen LogP contribution is 2.26. The second-order valence-electron chi connectivity index (χ2n) is 9.18. The SMILES string of the molecule is CCNC(=NCCCN1CCCC1C(=O)N(C)C)N1CCOC(c2ccc(C)cc2C)C1.I. The van der Waals surface area contributed by atoms with Crippen LogP contribution >= 0.6 is 24.0 Å². The van der Waals surface area contributed by atoms with E-state index in [1.54, 1.807) is 4.90 Å². The first kappa shape index (κ1) is 27.9. The van der Waals surface area contributed by atoms with Crippen LogP contribution in [0, 0.1) is 13.8 Å². The molecule has 1 N–H and O–H groups in total. The fraction of sp³-hybridized carbons (Fsp3) is 0.680. The molecule has 0 saturated carbocycles. The summed E-state index contributed by atoms with van der Waals surface area (Å²) in [6, 6.07) is 6.63. The van der Waals surface area contributed by atoms with Crippen LogP contribution in [0.1, 0.15) is 49.0 Å². The number of halogens is 1. The highest BCUT2D eigenvalue weighted by atomic mass is 127. The number of benzene rings is 1. The smallest absolute Gasteiger partial charge is 0.239 e. The molecule has 1 aromatic carbocycles. The van der Waals surface area contributed by atoms with Gasteiger partial charge in [-0.3, -0.25) is 14.7 Å². The first-order valence-electron chi connectivity index (χ1n) is 12.1. The van der Waals surface area contributed by atoms with E-state index in [0.717, 1.165) is 64.5 Å². The number of nitrogens with zero attached hydrogens (tertiary/aromatic N) is 4. The Morgan fingerprint density at radius 3 is 2.76 bits per heavy atom. The molecule has 3 rings (SSSR count). The van der Waals surface area contributed by atoms with E-state index in [9.17, 15) is 4.79 Å². The molecule has 2 saturated heterocycles. The number of likely N-dealkylation sites (tertiary alicyclic amines) is 1. The molecule has 8 heteroatoms. The van der Waals surface area contributed by atoms with Crippen molar-refractivity contribution in [3.8, 4) is 0 Å². The molecule has 0 aromatic heterocycles. The Labute approximate surface area is 216 Å². The maximum Gasteiger partial charge on any atom is 0.239 e. The highest BCUT2D eigenvalue weighted by Gasteiger charge is 2.31. The van der Waals surface area contributed by atoms with Crippen molar-refractivity contribution in [1.29, 1.82) is 0 Å². The fourth-order valence-electron chi connectivity index (χ4n) is 4.77. The number of aliphatic imine (C=N–C) groups is 1. The number of ether oxygens (including phenoxy) is 1. The molecule has 0 radical (unpaired) electrons. The molecule has 2 aliphatic heterocycles. The predicted molar refractivity (Wildman–Crippen MR) is 145 cm³/mol. The predicted octanol–water partition coefficient (Wildman–Crippen LogP) is 3.20. The summed E-state index contributed by atoms with van der Waals surface area (Å²) < 4.78 is 6.12. The molecule has 0 aliphatic carbocycles. The third-order valence-corrected chi connectivity index (χ3v) is 6.43. The average molecular weight is 572 g/mol. The van der Waals surface area contributed by atoms with Gasteiger partial charge in [-0.05, 0) is 57.7 Å². The van der Waals surface area contributed by atoms with Crippen LogP contribution in [0.4, 0.5) is 0 Å². The lowest BCUT2D eigenvalue weighted by Crippen LogP contribution is -2.48. The molecule has 2 aliphatic rings. The summed E-state index contributed by atoms with van der Waals surface area (Å²) in [7, 11) is 3.69. The van der Waals surface area contributed by atoms with E-state index >= 15 is 0 Å². The van der Waals surface area contributed by atoms with Crippen molar-refractivity contribution in [1.82, 2.24) is 20.0 Å². The van der Waals surface area contributed by atoms with E-state index in [1.807, 2.05) is 14.1 Å². The molecule has 0 bridgehead atoms. The Bertz CT molecular complexity index is 801. The number of hydrogen-bond acceptors (Lipinski definition) is 4. The lowest BCUT2D eigenvalue weighted by Gasteiger charge is -2.36. The molecule has 2 fully saturated rings. The maximum absolute atomic E-state index is 12.4. The van der Waals surface area contributed by atoms with Crippen LogP contribution in [-0.4, -0.2) is 92.6 Å². The first-order valence-corrected chi connectivity index (χ1v) is 12.1. The quantitative estimate of drug-likeness (QED) is 0.236. The van der Waals surface area contributed by atoms with Crippen molar-refractivity contribution in [2.75, 3.05) is 60.0 Å². The van der Waals surface area contributed by atoms with Crippen molar-refractivity contribution >= 4 is 35.8 Å². The number of hydrogen-bond donors (Lipinski definition) is 1. The number of nitrogens with one attached hydrogen (secondary N) is 1. The van der Waals surface area contributed by atoms with Crippen LogP contribution < -0.4 is 5.32 Å². The van der Waals surface area contributed by atoms with Crippen LogP contribution in [0.2, 0.25) is 0 Å². The molecule has 0 spiro atoms. The summed E-state index contributed by atoms with van der Waals surface area (Å²) in [5, 5.41) is 3.46. The van der Waals surface area contributed by atoms with Gasteiger partial charge < -0.3 is 19.9 Å². The lowest BCUT2D eigenvalue weighted by atomic mass is 10.00. The van der Waals surface area contributed by atoms with Crippen molar-refractivity contribution in [3.05, 3.63) is 34.9 Å². The van der Waals surface area contributed by atoms with Gasteiger partial charge in [0, 0.05) is 40.3 Å². The minimum absolute atomic E-state index is 0. The van der Waals surface area contributed by atoms with Gasteiger partial charge in [0.15, 0.2) is 5.96 Å². The van der Waals surface area contributed by atoms with Gasteiger partial charge in [0.25, 0.3) is 0 Å². The monoisotopic (exact) mass is 571 g/mol. The average Bonchev–Trinajstić information content (AvgIpc) is 3.23. The van der Waals surface area contributed by atoms with Crippen LogP contribution in [0.25, 0.3) is 0 Å². The Morgan fingerprint density at radius 2 is 2.06 bits per heavy atom. The van der Waals surface area contributed by atoms with Crippen molar-refractivity contribution in [3.63, 3.8) is 0 Å². The molecular formula is C25H42IN5O2. The maximum atomic E-state index is 12.4. The molecule has 2 heterocycles. The largest absolute Gasteiger partial charge is 0.370 e. The number of amides is 1. The molecular weight excluding hydrogens is 529 g/mol. The summed E-state index contributed by atoms with van der Waals surface area (Å²) >= 11 is 0. The molecule has 186 valence electrons. The van der Waals surface area contributed by atoms with Crippen LogP contribution in [-0.2, 0) is 9.53 Å². The van der Waals surface area contributed by atoms with Gasteiger partial charge in [-0.15, -0.1) is 24.0 Å². The number of aryl methyl sites for hydroxylation is 2. The molecule has 2 atom stereocenters. The van der Waals surface area contributed by atoms with Crippen molar-refractivity contribution in [2.24, 2.45) is 4.99 Å². The van der Waals surface area contributed by atoms with E-state index in [-0.39, 0.29) is 42.0 Å². The molecule has 2 unspecified atom stereocenters. The Kier molecular flexibility index (Phi) is 11.4. The summed E-state index contributed by atoms with van der Waals surface area (Å²) in [5.41, 5.74) is 3.83. The number of carbonyl (C=O) groups is 1. The minimum atomic E-state index is 0. The van der Waals surface area contributed by atoms with Crippen molar-refractivity contribution in [2.45, 2.75) is 52.2 Å². The normalized spacial score (nSPS) is 21.6. The molecule has 1 amide bonds. The zero-order valence-corrected chi connectivity index (χ0v) is 23.3. The van der Waals surface area contributed by atoms with Gasteiger partial charge >= 0.3 is 0 Å². The zero-order chi connectivity index (χ0) is 23.1. The summed E-state index contributed by atoms with van der Waals surface area (Å²) in [5.74, 6) is 1.19. The number of likely N-dealkylation sites (N-methyl/N-ethyl adjacent to an activating group) is 1. The van der Waals surface area contributed by atoms with Crippen LogP contribution in [0.15, 0.2) is 23.2 Å². The van der Waals surface area contributed by atoms with E-state index < -0.39 is 0 Å². The fourth-order valence-corrected chi connectivity index (χ4v) is 4.77. The van der Waals surface area contributed by atoms with E-state index in [0.29, 0.717) is 6.61 Å². The van der Waals surface area contributed by atoms with Gasteiger partial charge in [0.05, 0.1) is 19.2 Å². The number of carbonyl (C=O) groups excluding carboxylic acids is 1. The van der Waals surface area contributed by atoms with Crippen LogP contribution in [0.5, 0.6) is 0 Å². The number of guanidine groups is 1. The van der Waals surface area contributed by atoms with E-state index in [4.69, 9.17) is 9.73 Å². The third kappa shape index (κ3) is 7.55. The Hall–Kier alpha value is -1.39. The van der Waals surface area contributed by atoms with E-state index in [1.165, 1.54) is 16.7 Å². The number of morpholine rings is 1. The van der Waals surface area contributed by atoms with Crippen molar-refractivity contribution < 1.29 is 9.53 Å². The van der Waals surface area contributed by atoms with Gasteiger partial charge in [-0.2, -0.15) is 0 Å². The topological polar surface area (TPSA) is 60.4 Å². The second kappa shape index (κ2) is 13.5. The second-order valence-corrected chi connectivity index (χ2v) is 9.18. The zero-order valence-electron chi connectivity index (χ0n) is 21.0. The first-order chi connectivity index (χ1) is 15.4. The minimum Gasteiger partial charge on any atom is -0.370 e. The van der Waals surface area contributed by atoms with Gasteiger partial charge in [0.2, 0.25) is 5.91 Å². The summed E-state index contributed by atoms with van der Waals surface area (Å²) in [6.45, 7) is 12.3. The lowest BCUT2D eigenvalue weighted by molar-refractivity contribution is -0.133. The molecule has 33 heavy (non-hydrogen) atoms. The summed E-state index contributed by atoms with van der Waals surface area (Å²) in [6.07, 6.45) is 3.09. The van der Waals surface area contributed by atoms with Crippen LogP contribution in [0.3, 0.4) is 0 Å². The van der Waals surface area contributed by atoms with Gasteiger partial charge in [0.1, 0.15) is 6.10 Å². The Morgan fingerprint density at radius 1 is 1.27 bits per heavy atom. The number of rotatable bonds is 7. The van der Waals surface area contributed by atoms with E-state index in [2.05, 4.69) is 54.1 Å². The third-order valence-electron chi connectivity index (χ3n) is 6.43.